The third-order valence-corrected chi connectivity index (χ3v) is 6.61. The van der Waals surface area contributed by atoms with Crippen molar-refractivity contribution in [1.29, 1.82) is 10.5 Å². The highest BCUT2D eigenvalue weighted by Gasteiger charge is 2.38. The van der Waals surface area contributed by atoms with Crippen LogP contribution in [0, 0.1) is 22.7 Å². The summed E-state index contributed by atoms with van der Waals surface area (Å²) in [7, 11) is -3.86. The largest absolute Gasteiger partial charge is 0.416 e. The van der Waals surface area contributed by atoms with Crippen molar-refractivity contribution >= 4 is 39.8 Å². The fourth-order valence-electron chi connectivity index (χ4n) is 3.96. The molecule has 0 radical (unpaired) electrons. The third-order valence-electron chi connectivity index (χ3n) is 5.46. The number of hydrogen-bond donors (Lipinski definition) is 1. The van der Waals surface area contributed by atoms with Gasteiger partial charge in [-0.2, -0.15) is 28.7 Å². The lowest BCUT2D eigenvalue weighted by Crippen LogP contribution is -2.31. The van der Waals surface area contributed by atoms with E-state index in [1.165, 1.54) is 46.8 Å². The van der Waals surface area contributed by atoms with Crippen molar-refractivity contribution in [2.45, 2.75) is 24.0 Å². The average molecular weight is 536 g/mol. The van der Waals surface area contributed by atoms with Crippen LogP contribution in [0.15, 0.2) is 58.6 Å². The monoisotopic (exact) mass is 535 g/mol. The predicted molar refractivity (Wildman–Crippen MR) is 126 cm³/mol. The molecule has 0 amide bonds. The van der Waals surface area contributed by atoms with Crippen LogP contribution in [0.3, 0.4) is 0 Å². The molecule has 9 nitrogen and oxygen atoms in total. The molecule has 2 aromatic carbocycles. The van der Waals surface area contributed by atoms with E-state index >= 15 is 0 Å². The first-order valence-corrected chi connectivity index (χ1v) is 11.8. The van der Waals surface area contributed by atoms with E-state index in [2.05, 4.69) is 10.1 Å². The highest BCUT2D eigenvalue weighted by Crippen LogP contribution is 2.44. The number of rotatable bonds is 3. The first-order chi connectivity index (χ1) is 16.4. The smallest absolute Gasteiger partial charge is 0.366 e. The van der Waals surface area contributed by atoms with E-state index in [0.717, 1.165) is 18.4 Å². The van der Waals surface area contributed by atoms with Gasteiger partial charge in [-0.3, -0.25) is 4.90 Å². The van der Waals surface area contributed by atoms with Crippen LogP contribution in [0.2, 0.25) is 0 Å². The zero-order valence-corrected chi connectivity index (χ0v) is 20.3. The molecule has 1 aromatic heterocycles. The van der Waals surface area contributed by atoms with Crippen LogP contribution in [0.5, 0.6) is 0 Å². The zero-order valence-electron chi connectivity index (χ0n) is 18.6. The van der Waals surface area contributed by atoms with Gasteiger partial charge in [-0.15, -0.1) is 17.5 Å². The molecule has 1 atom stereocenters. The lowest BCUT2D eigenvalue weighted by atomic mass is 9.95. The van der Waals surface area contributed by atoms with Crippen molar-refractivity contribution in [2.24, 2.45) is 0 Å². The van der Waals surface area contributed by atoms with Gasteiger partial charge in [0.05, 0.1) is 33.7 Å². The summed E-state index contributed by atoms with van der Waals surface area (Å²) < 4.78 is 66.4. The molecule has 1 aliphatic rings. The van der Waals surface area contributed by atoms with Crippen LogP contribution < -0.4 is 10.6 Å². The Kier molecular flexibility index (Phi) is 6.77. The van der Waals surface area contributed by atoms with E-state index < -0.39 is 27.6 Å². The molecule has 0 spiro atoms. The minimum absolute atomic E-state index is 0. The van der Waals surface area contributed by atoms with Crippen LogP contribution in [-0.4, -0.2) is 29.4 Å². The minimum Gasteiger partial charge on any atom is -0.366 e. The molecule has 0 saturated heterocycles. The summed E-state index contributed by atoms with van der Waals surface area (Å²) in [5, 5.41) is 23.4. The Labute approximate surface area is 210 Å². The Hall–Kier alpha value is -4.07. The molecular formula is C22H17ClF3N7O2S. The summed E-state index contributed by atoms with van der Waals surface area (Å²) in [5.41, 5.74) is 5.42. The van der Waals surface area contributed by atoms with Gasteiger partial charge in [0.25, 0.3) is 0 Å². The van der Waals surface area contributed by atoms with Gasteiger partial charge in [-0.05, 0) is 37.3 Å². The normalized spacial score (nSPS) is 15.5. The van der Waals surface area contributed by atoms with E-state index in [1.54, 1.807) is 0 Å². The van der Waals surface area contributed by atoms with Crippen molar-refractivity contribution in [3.05, 3.63) is 70.4 Å². The standard InChI is InChI=1S/C22H16F3N7O2S.ClH/c1-12-17(11-27)19(16-7-6-13(10-26)8-18(16)35(2,33)34)32-21(29-20(28)30-32)31(12)15-5-3-4-14(9-15)22(23,24)25;/h3-9,19H,1-2H3,(H2,28,30);1H/t19-;/m1./s1. The minimum atomic E-state index is -4.61. The van der Waals surface area contributed by atoms with E-state index in [9.17, 15) is 32.1 Å². The molecular weight excluding hydrogens is 519 g/mol. The van der Waals surface area contributed by atoms with E-state index in [-0.39, 0.29) is 57.3 Å². The van der Waals surface area contributed by atoms with Gasteiger partial charge < -0.3 is 5.73 Å². The van der Waals surface area contributed by atoms with Crippen molar-refractivity contribution in [1.82, 2.24) is 14.8 Å². The van der Waals surface area contributed by atoms with Gasteiger partial charge in [0.15, 0.2) is 9.84 Å². The molecule has 0 fully saturated rings. The van der Waals surface area contributed by atoms with Gasteiger partial charge in [-0.25, -0.2) is 13.1 Å². The second-order valence-electron chi connectivity index (χ2n) is 7.75. The highest BCUT2D eigenvalue weighted by atomic mass is 35.5. The number of nitrogens with two attached hydrogens (primary N) is 1. The molecule has 14 heteroatoms. The number of nitriles is 2. The number of sulfone groups is 1. The molecule has 3 aromatic rings. The number of nitrogens with zero attached hydrogens (tertiary/aromatic N) is 6. The Morgan fingerprint density at radius 3 is 2.39 bits per heavy atom. The molecule has 0 aliphatic carbocycles. The number of alkyl halides is 3. The summed E-state index contributed by atoms with van der Waals surface area (Å²) in [6.07, 6.45) is -3.65. The molecule has 186 valence electrons. The lowest BCUT2D eigenvalue weighted by molar-refractivity contribution is -0.137. The summed E-state index contributed by atoms with van der Waals surface area (Å²) >= 11 is 0. The molecule has 36 heavy (non-hydrogen) atoms. The summed E-state index contributed by atoms with van der Waals surface area (Å²) in [5.74, 6) is -0.240. The van der Waals surface area contributed by atoms with Crippen LogP contribution in [0.1, 0.15) is 29.7 Å². The molecule has 0 bridgehead atoms. The second kappa shape index (κ2) is 9.18. The molecule has 0 unspecified atom stereocenters. The summed E-state index contributed by atoms with van der Waals surface area (Å²) in [6, 6.07) is 11.2. The van der Waals surface area contributed by atoms with Crippen LogP contribution in [-0.2, 0) is 16.0 Å². The Bertz CT molecular complexity index is 1580. The van der Waals surface area contributed by atoms with Gasteiger partial charge >= 0.3 is 6.18 Å². The maximum Gasteiger partial charge on any atom is 0.416 e. The molecule has 0 saturated carbocycles. The van der Waals surface area contributed by atoms with Crippen molar-refractivity contribution in [3.63, 3.8) is 0 Å². The Balaban J connectivity index is 0.00000361. The molecule has 2 N–H and O–H groups in total. The maximum atomic E-state index is 13.4. The lowest BCUT2D eigenvalue weighted by Gasteiger charge is -2.34. The van der Waals surface area contributed by atoms with Gasteiger partial charge in [0.1, 0.15) is 6.04 Å². The summed E-state index contributed by atoms with van der Waals surface area (Å²) in [4.78, 5) is 5.25. The molecule has 2 heterocycles. The number of halogens is 4. The number of anilines is 3. The Morgan fingerprint density at radius 2 is 1.81 bits per heavy atom. The number of nitrogen functional groups attached to an aromatic ring is 1. The predicted octanol–water partition coefficient (Wildman–Crippen LogP) is 4.11. The number of benzene rings is 2. The van der Waals surface area contributed by atoms with Crippen LogP contribution in [0.25, 0.3) is 0 Å². The van der Waals surface area contributed by atoms with E-state index in [1.807, 2.05) is 12.1 Å². The quantitative estimate of drug-likeness (QED) is 0.528. The van der Waals surface area contributed by atoms with Crippen molar-refractivity contribution in [2.75, 3.05) is 16.9 Å². The first kappa shape index (κ1) is 26.5. The first-order valence-electron chi connectivity index (χ1n) is 9.91. The SMILES string of the molecule is CC1=C(C#N)[C@@H](c2ccc(C#N)cc2S(C)(=O)=O)n2nc(N)nc2N1c1cccc(C(F)(F)F)c1.Cl. The average Bonchev–Trinajstić information content (AvgIpc) is 3.17. The number of fused-ring (bicyclic) bond motifs is 1. The highest BCUT2D eigenvalue weighted by molar-refractivity contribution is 7.90. The maximum absolute atomic E-state index is 13.4. The zero-order chi connectivity index (χ0) is 25.7. The van der Waals surface area contributed by atoms with Crippen molar-refractivity contribution in [3.8, 4) is 12.1 Å². The molecule has 4 rings (SSSR count). The van der Waals surface area contributed by atoms with Crippen molar-refractivity contribution < 1.29 is 21.6 Å². The molecule has 1 aliphatic heterocycles. The van der Waals surface area contributed by atoms with Crippen LogP contribution in [0.4, 0.5) is 30.8 Å². The van der Waals surface area contributed by atoms with E-state index in [4.69, 9.17) is 5.73 Å². The van der Waals surface area contributed by atoms with Gasteiger partial charge in [0.2, 0.25) is 11.9 Å². The fraction of sp³-hybridized carbons (Fsp3) is 0.182. The van der Waals surface area contributed by atoms with Gasteiger partial charge in [-0.1, -0.05) is 12.1 Å². The fourth-order valence-corrected chi connectivity index (χ4v) is 4.91. The number of allylic oxidation sites excluding steroid dienone is 2. The van der Waals surface area contributed by atoms with E-state index in [0.29, 0.717) is 0 Å². The van der Waals surface area contributed by atoms with Gasteiger partial charge in [0, 0.05) is 23.2 Å². The summed E-state index contributed by atoms with van der Waals surface area (Å²) in [6.45, 7) is 1.50. The second-order valence-corrected chi connectivity index (χ2v) is 9.73. The van der Waals surface area contributed by atoms with Crippen LogP contribution >= 0.6 is 12.4 Å². The third kappa shape index (κ3) is 4.46. The Morgan fingerprint density at radius 1 is 1.11 bits per heavy atom. The number of aromatic nitrogens is 3. The topological polar surface area (TPSA) is 142 Å². The number of hydrogen-bond acceptors (Lipinski definition) is 8.